The molecule has 0 aliphatic carbocycles. The number of carbonyl (C=O) groups is 2. The molecule has 9 heteroatoms. The van der Waals surface area contributed by atoms with E-state index in [9.17, 15) is 9.59 Å². The predicted molar refractivity (Wildman–Crippen MR) is 149 cm³/mol. The number of esters is 1. The van der Waals surface area contributed by atoms with E-state index in [0.29, 0.717) is 17.3 Å². The number of hydrogen-bond donors (Lipinski definition) is 2. The maximum absolute atomic E-state index is 13.5. The Kier molecular flexibility index (Phi) is 7.15. The molecule has 1 fully saturated rings. The summed E-state index contributed by atoms with van der Waals surface area (Å²) < 4.78 is 16.9. The lowest BCUT2D eigenvalue weighted by molar-refractivity contribution is 0.0187. The van der Waals surface area contributed by atoms with Gasteiger partial charge in [-0.3, -0.25) is 0 Å². The molecule has 0 spiro atoms. The molecule has 1 aliphatic heterocycles. The fourth-order valence-electron chi connectivity index (χ4n) is 4.60. The SMILES string of the molecule is COc1ccc2nc(N[C@H]3CN(C(=O)OC(C)(C)C)C[C@@H]3OC(=O)c3ccccc3-c3ccccc3)[nH]c2c1. The highest BCUT2D eigenvalue weighted by atomic mass is 16.6. The van der Waals surface area contributed by atoms with E-state index in [1.165, 1.54) is 0 Å². The number of anilines is 1. The van der Waals surface area contributed by atoms with Gasteiger partial charge in [-0.1, -0.05) is 48.5 Å². The second-order valence-corrected chi connectivity index (χ2v) is 10.5. The Morgan fingerprint density at radius 2 is 1.74 bits per heavy atom. The van der Waals surface area contributed by atoms with Crippen molar-refractivity contribution in [3.05, 3.63) is 78.4 Å². The minimum Gasteiger partial charge on any atom is -0.497 e. The number of imidazole rings is 1. The quantitative estimate of drug-likeness (QED) is 0.319. The molecule has 39 heavy (non-hydrogen) atoms. The summed E-state index contributed by atoms with van der Waals surface area (Å²) in [5.74, 6) is 0.741. The molecular formula is C30H32N4O5. The number of nitrogens with zero attached hydrogens (tertiary/aromatic N) is 2. The lowest BCUT2D eigenvalue weighted by Crippen LogP contribution is -2.36. The van der Waals surface area contributed by atoms with Crippen LogP contribution in [0.5, 0.6) is 5.75 Å². The van der Waals surface area contributed by atoms with Crippen molar-refractivity contribution in [2.24, 2.45) is 0 Å². The highest BCUT2D eigenvalue weighted by Gasteiger charge is 2.40. The lowest BCUT2D eigenvalue weighted by atomic mass is 10.00. The smallest absolute Gasteiger partial charge is 0.410 e. The number of benzene rings is 3. The lowest BCUT2D eigenvalue weighted by Gasteiger charge is -2.24. The van der Waals surface area contributed by atoms with Crippen LogP contribution in [0.4, 0.5) is 10.7 Å². The van der Waals surface area contributed by atoms with Crippen molar-refractivity contribution in [3.63, 3.8) is 0 Å². The zero-order chi connectivity index (χ0) is 27.6. The highest BCUT2D eigenvalue weighted by molar-refractivity contribution is 5.97. The van der Waals surface area contributed by atoms with Crippen LogP contribution in [-0.2, 0) is 9.47 Å². The number of amides is 1. The maximum atomic E-state index is 13.5. The summed E-state index contributed by atoms with van der Waals surface area (Å²) in [5, 5.41) is 3.33. The molecule has 3 aromatic carbocycles. The van der Waals surface area contributed by atoms with Crippen LogP contribution >= 0.6 is 0 Å². The minimum atomic E-state index is -0.652. The van der Waals surface area contributed by atoms with Gasteiger partial charge >= 0.3 is 12.1 Å². The van der Waals surface area contributed by atoms with Gasteiger partial charge < -0.3 is 29.4 Å². The maximum Gasteiger partial charge on any atom is 0.410 e. The standard InChI is InChI=1S/C30H32N4O5/c1-30(2,3)39-29(36)34-17-25(33-28-31-23-15-14-20(37-4)16-24(23)32-28)26(18-34)38-27(35)22-13-9-8-12-21(22)19-10-6-5-7-11-19/h5-16,25-26H,17-18H2,1-4H3,(H2,31,32,33)/t25-,26-/m0/s1. The third kappa shape index (κ3) is 5.98. The number of aromatic amines is 1. The number of likely N-dealkylation sites (tertiary alicyclic amines) is 1. The van der Waals surface area contributed by atoms with Crippen LogP contribution in [0.1, 0.15) is 31.1 Å². The van der Waals surface area contributed by atoms with E-state index in [0.717, 1.165) is 22.2 Å². The summed E-state index contributed by atoms with van der Waals surface area (Å²) in [6, 6.07) is 22.1. The Balaban J connectivity index is 1.40. The number of rotatable bonds is 6. The summed E-state index contributed by atoms with van der Waals surface area (Å²) in [7, 11) is 1.61. The van der Waals surface area contributed by atoms with Gasteiger partial charge in [0.15, 0.2) is 0 Å². The number of carbonyl (C=O) groups excluding carboxylic acids is 2. The van der Waals surface area contributed by atoms with Gasteiger partial charge in [0.05, 0.1) is 36.3 Å². The van der Waals surface area contributed by atoms with Crippen molar-refractivity contribution in [1.82, 2.24) is 14.9 Å². The number of aromatic nitrogens is 2. The van der Waals surface area contributed by atoms with Crippen molar-refractivity contribution in [2.45, 2.75) is 38.5 Å². The summed E-state index contributed by atoms with van der Waals surface area (Å²) in [4.78, 5) is 35.8. The van der Waals surface area contributed by atoms with Crippen molar-refractivity contribution in [1.29, 1.82) is 0 Å². The topological polar surface area (TPSA) is 106 Å². The van der Waals surface area contributed by atoms with Crippen LogP contribution in [0.2, 0.25) is 0 Å². The Hall–Kier alpha value is -4.53. The van der Waals surface area contributed by atoms with Crippen molar-refractivity contribution in [2.75, 3.05) is 25.5 Å². The van der Waals surface area contributed by atoms with Crippen LogP contribution in [-0.4, -0.2) is 64.9 Å². The van der Waals surface area contributed by atoms with Crippen molar-refractivity contribution < 1.29 is 23.8 Å². The molecule has 1 saturated heterocycles. The monoisotopic (exact) mass is 528 g/mol. The van der Waals surface area contributed by atoms with Crippen LogP contribution in [0.15, 0.2) is 72.8 Å². The van der Waals surface area contributed by atoms with E-state index >= 15 is 0 Å². The van der Waals surface area contributed by atoms with E-state index in [1.807, 2.05) is 87.5 Å². The minimum absolute atomic E-state index is 0.180. The molecule has 2 N–H and O–H groups in total. The van der Waals surface area contributed by atoms with Crippen molar-refractivity contribution >= 4 is 29.0 Å². The second kappa shape index (κ2) is 10.7. The van der Waals surface area contributed by atoms with E-state index < -0.39 is 29.8 Å². The number of ether oxygens (including phenoxy) is 3. The third-order valence-corrected chi connectivity index (χ3v) is 6.42. The molecule has 2 heterocycles. The first-order chi connectivity index (χ1) is 18.7. The average molecular weight is 529 g/mol. The molecule has 0 saturated carbocycles. The van der Waals surface area contributed by atoms with Gasteiger partial charge in [-0.05, 0) is 50.1 Å². The molecule has 0 radical (unpaired) electrons. The van der Waals surface area contributed by atoms with E-state index in [1.54, 1.807) is 18.1 Å². The summed E-state index contributed by atoms with van der Waals surface area (Å²) in [6.07, 6.45) is -1.11. The van der Waals surface area contributed by atoms with Gasteiger partial charge in [-0.25, -0.2) is 14.6 Å². The Bertz CT molecular complexity index is 1480. The summed E-state index contributed by atoms with van der Waals surface area (Å²) >= 11 is 0. The molecule has 0 bridgehead atoms. The fraction of sp³-hybridized carbons (Fsp3) is 0.300. The second-order valence-electron chi connectivity index (χ2n) is 10.5. The van der Waals surface area contributed by atoms with E-state index in [4.69, 9.17) is 14.2 Å². The van der Waals surface area contributed by atoms with Crippen LogP contribution < -0.4 is 10.1 Å². The van der Waals surface area contributed by atoms with Crippen LogP contribution in [0.3, 0.4) is 0 Å². The predicted octanol–water partition coefficient (Wildman–Crippen LogP) is 5.50. The number of H-pyrrole nitrogens is 1. The molecule has 1 amide bonds. The van der Waals surface area contributed by atoms with Gasteiger partial charge in [0.1, 0.15) is 17.5 Å². The van der Waals surface area contributed by atoms with E-state index in [2.05, 4.69) is 15.3 Å². The molecule has 1 aliphatic rings. The molecule has 202 valence electrons. The Morgan fingerprint density at radius 1 is 1.00 bits per heavy atom. The third-order valence-electron chi connectivity index (χ3n) is 6.42. The first-order valence-corrected chi connectivity index (χ1v) is 12.8. The molecule has 1 aromatic heterocycles. The van der Waals surface area contributed by atoms with Gasteiger partial charge in [-0.2, -0.15) is 0 Å². The number of fused-ring (bicyclic) bond motifs is 1. The Morgan fingerprint density at radius 3 is 2.49 bits per heavy atom. The first-order valence-electron chi connectivity index (χ1n) is 12.8. The van der Waals surface area contributed by atoms with Crippen molar-refractivity contribution in [3.8, 4) is 16.9 Å². The highest BCUT2D eigenvalue weighted by Crippen LogP contribution is 2.27. The van der Waals surface area contributed by atoms with Gasteiger partial charge in [-0.15, -0.1) is 0 Å². The van der Waals surface area contributed by atoms with Gasteiger partial charge in [0, 0.05) is 12.6 Å². The molecule has 2 atom stereocenters. The normalized spacial score (nSPS) is 17.2. The van der Waals surface area contributed by atoms with Crippen LogP contribution in [0.25, 0.3) is 22.2 Å². The summed E-state index contributed by atoms with van der Waals surface area (Å²) in [6.45, 7) is 5.90. The first kappa shape index (κ1) is 26.1. The number of methoxy groups -OCH3 is 1. The fourth-order valence-corrected chi connectivity index (χ4v) is 4.60. The van der Waals surface area contributed by atoms with Crippen LogP contribution in [0, 0.1) is 0 Å². The molecule has 9 nitrogen and oxygen atoms in total. The molecule has 4 aromatic rings. The average Bonchev–Trinajstić information content (AvgIpc) is 3.51. The number of hydrogen-bond acceptors (Lipinski definition) is 7. The molecule has 5 rings (SSSR count). The number of nitrogens with one attached hydrogen (secondary N) is 2. The summed E-state index contributed by atoms with van der Waals surface area (Å²) in [5.41, 5.74) is 3.05. The molecular weight excluding hydrogens is 496 g/mol. The largest absolute Gasteiger partial charge is 0.497 e. The Labute approximate surface area is 227 Å². The van der Waals surface area contributed by atoms with Gasteiger partial charge in [0.2, 0.25) is 5.95 Å². The zero-order valence-corrected chi connectivity index (χ0v) is 22.4. The molecule has 0 unspecified atom stereocenters. The van der Waals surface area contributed by atoms with Gasteiger partial charge in [0.25, 0.3) is 0 Å². The van der Waals surface area contributed by atoms with E-state index in [-0.39, 0.29) is 13.1 Å². The zero-order valence-electron chi connectivity index (χ0n) is 22.4.